The number of halogens is 2. The van der Waals surface area contributed by atoms with Gasteiger partial charge < -0.3 is 5.11 Å². The number of carbonyl (C=O) groups is 1. The Hall–Kier alpha value is -1.30. The fourth-order valence-corrected chi connectivity index (χ4v) is 2.83. The van der Waals surface area contributed by atoms with E-state index in [2.05, 4.69) is 0 Å². The maximum atomic E-state index is 13.4. The van der Waals surface area contributed by atoms with Crippen LogP contribution in [-0.2, 0) is 15.6 Å². The maximum Gasteiger partial charge on any atom is 0.319 e. The zero-order chi connectivity index (χ0) is 13.7. The van der Waals surface area contributed by atoms with Crippen LogP contribution in [0.25, 0.3) is 0 Å². The van der Waals surface area contributed by atoms with Crippen LogP contribution in [0.4, 0.5) is 8.78 Å². The van der Waals surface area contributed by atoms with Gasteiger partial charge in [0, 0.05) is 6.07 Å². The Balaban J connectivity index is 2.98. The third kappa shape index (κ3) is 3.60. The molecule has 0 aliphatic rings. The van der Waals surface area contributed by atoms with E-state index in [1.54, 1.807) is 0 Å². The van der Waals surface area contributed by atoms with Crippen LogP contribution in [-0.4, -0.2) is 20.5 Å². The Kier molecular flexibility index (Phi) is 5.40. The average Bonchev–Trinajstić information content (AvgIpc) is 2.28. The van der Waals surface area contributed by atoms with Gasteiger partial charge in [-0.1, -0.05) is 19.8 Å². The van der Waals surface area contributed by atoms with Gasteiger partial charge in [0.15, 0.2) is 0 Å². The Morgan fingerprint density at radius 2 is 2.11 bits per heavy atom. The van der Waals surface area contributed by atoms with Crippen LogP contribution < -0.4 is 0 Å². The largest absolute Gasteiger partial charge is 0.480 e. The van der Waals surface area contributed by atoms with Gasteiger partial charge in [-0.3, -0.25) is 9.00 Å². The Morgan fingerprint density at radius 3 is 2.61 bits per heavy atom. The summed E-state index contributed by atoms with van der Waals surface area (Å²) < 4.78 is 38.1. The first kappa shape index (κ1) is 14.8. The van der Waals surface area contributed by atoms with E-state index in [4.69, 9.17) is 5.11 Å². The van der Waals surface area contributed by atoms with E-state index in [-0.39, 0.29) is 11.3 Å². The minimum Gasteiger partial charge on any atom is -0.480 e. The molecule has 0 radical (unpaired) electrons. The lowest BCUT2D eigenvalue weighted by molar-refractivity contribution is -0.136. The van der Waals surface area contributed by atoms with Gasteiger partial charge in [-0.15, -0.1) is 0 Å². The van der Waals surface area contributed by atoms with Crippen LogP contribution in [0.1, 0.15) is 26.2 Å². The van der Waals surface area contributed by atoms with Crippen molar-refractivity contribution in [3.8, 4) is 0 Å². The minimum atomic E-state index is -2.01. The average molecular weight is 276 g/mol. The molecule has 18 heavy (non-hydrogen) atoms. The fourth-order valence-electron chi connectivity index (χ4n) is 1.50. The van der Waals surface area contributed by atoms with Gasteiger partial charge in [0.1, 0.15) is 16.9 Å². The Bertz CT molecular complexity index is 463. The number of carboxylic acids is 1. The number of hydrogen-bond acceptors (Lipinski definition) is 2. The van der Waals surface area contributed by atoms with Crippen molar-refractivity contribution in [3.63, 3.8) is 0 Å². The SMILES string of the molecule is CCCCC(C(=O)O)S(=O)c1ccc(F)cc1F. The molecule has 2 unspecified atom stereocenters. The van der Waals surface area contributed by atoms with Gasteiger partial charge in [0.05, 0.1) is 15.7 Å². The lowest BCUT2D eigenvalue weighted by atomic mass is 10.2. The molecule has 1 rings (SSSR count). The molecule has 3 nitrogen and oxygen atoms in total. The Labute approximate surface area is 106 Å². The molecular formula is C12H14F2O3S. The van der Waals surface area contributed by atoms with Crippen molar-refractivity contribution in [2.75, 3.05) is 0 Å². The Morgan fingerprint density at radius 1 is 1.44 bits per heavy atom. The number of benzene rings is 1. The molecule has 6 heteroatoms. The third-order valence-electron chi connectivity index (χ3n) is 2.46. The van der Waals surface area contributed by atoms with E-state index >= 15 is 0 Å². The number of unbranched alkanes of at least 4 members (excludes halogenated alkanes) is 1. The highest BCUT2D eigenvalue weighted by Crippen LogP contribution is 2.20. The first-order chi connectivity index (χ1) is 8.47. The summed E-state index contributed by atoms with van der Waals surface area (Å²) in [4.78, 5) is 10.7. The predicted octanol–water partition coefficient (Wildman–Crippen LogP) is 2.72. The summed E-state index contributed by atoms with van der Waals surface area (Å²) >= 11 is 0. The van der Waals surface area contributed by atoms with Crippen molar-refractivity contribution in [1.82, 2.24) is 0 Å². The molecule has 1 aromatic carbocycles. The van der Waals surface area contributed by atoms with Gasteiger partial charge in [0.25, 0.3) is 0 Å². The lowest BCUT2D eigenvalue weighted by Gasteiger charge is -2.12. The molecule has 2 atom stereocenters. The van der Waals surface area contributed by atoms with Crippen molar-refractivity contribution < 1.29 is 22.9 Å². The second-order valence-electron chi connectivity index (χ2n) is 3.84. The van der Waals surface area contributed by atoms with Crippen molar-refractivity contribution in [3.05, 3.63) is 29.8 Å². The van der Waals surface area contributed by atoms with Crippen molar-refractivity contribution in [2.45, 2.75) is 36.3 Å². The molecular weight excluding hydrogens is 262 g/mol. The zero-order valence-corrected chi connectivity index (χ0v) is 10.7. The van der Waals surface area contributed by atoms with E-state index in [9.17, 15) is 17.8 Å². The van der Waals surface area contributed by atoms with Gasteiger partial charge in [-0.05, 0) is 18.6 Å². The van der Waals surface area contributed by atoms with E-state index in [0.29, 0.717) is 12.5 Å². The second-order valence-corrected chi connectivity index (χ2v) is 5.44. The number of carboxylic acid groups (broad SMARTS) is 1. The van der Waals surface area contributed by atoms with Crippen LogP contribution >= 0.6 is 0 Å². The molecule has 0 saturated carbocycles. The molecule has 0 aliphatic heterocycles. The highest BCUT2D eigenvalue weighted by molar-refractivity contribution is 7.86. The predicted molar refractivity (Wildman–Crippen MR) is 63.7 cm³/mol. The number of rotatable bonds is 6. The highest BCUT2D eigenvalue weighted by Gasteiger charge is 2.27. The van der Waals surface area contributed by atoms with Gasteiger partial charge in [-0.25, -0.2) is 8.78 Å². The second kappa shape index (κ2) is 6.58. The quantitative estimate of drug-likeness (QED) is 0.869. The van der Waals surface area contributed by atoms with Gasteiger partial charge in [-0.2, -0.15) is 0 Å². The highest BCUT2D eigenvalue weighted by atomic mass is 32.2. The van der Waals surface area contributed by atoms with Crippen LogP contribution in [0.5, 0.6) is 0 Å². The minimum absolute atomic E-state index is 0.204. The molecule has 0 heterocycles. The van der Waals surface area contributed by atoms with Crippen LogP contribution in [0, 0.1) is 11.6 Å². The lowest BCUT2D eigenvalue weighted by Crippen LogP contribution is -2.26. The summed E-state index contributed by atoms with van der Waals surface area (Å²) in [5, 5.41) is 7.83. The third-order valence-corrected chi connectivity index (χ3v) is 4.18. The van der Waals surface area contributed by atoms with Crippen molar-refractivity contribution >= 4 is 16.8 Å². The molecule has 0 fully saturated rings. The van der Waals surface area contributed by atoms with Crippen molar-refractivity contribution in [1.29, 1.82) is 0 Å². The zero-order valence-electron chi connectivity index (χ0n) is 9.86. The van der Waals surface area contributed by atoms with Crippen molar-refractivity contribution in [2.24, 2.45) is 0 Å². The molecule has 0 aromatic heterocycles. The summed E-state index contributed by atoms with van der Waals surface area (Å²) in [6, 6.07) is 2.60. The maximum absolute atomic E-state index is 13.4. The molecule has 1 aromatic rings. The van der Waals surface area contributed by atoms with Crippen LogP contribution in [0.15, 0.2) is 23.1 Å². The van der Waals surface area contributed by atoms with E-state index in [1.165, 1.54) is 0 Å². The standard InChI is InChI=1S/C12H14F2O3S/c1-2-3-4-11(12(15)16)18(17)10-6-5-8(13)7-9(10)14/h5-7,11H,2-4H2,1H3,(H,15,16). The van der Waals surface area contributed by atoms with Crippen LogP contribution in [0.2, 0.25) is 0 Å². The van der Waals surface area contributed by atoms with Gasteiger partial charge in [0.2, 0.25) is 0 Å². The molecule has 0 saturated heterocycles. The fraction of sp³-hybridized carbons (Fsp3) is 0.417. The summed E-state index contributed by atoms with van der Waals surface area (Å²) in [7, 11) is -2.01. The summed E-state index contributed by atoms with van der Waals surface area (Å²) in [5.41, 5.74) is 0. The monoisotopic (exact) mass is 276 g/mol. The smallest absolute Gasteiger partial charge is 0.319 e. The normalized spacial score (nSPS) is 14.2. The first-order valence-electron chi connectivity index (χ1n) is 5.55. The van der Waals surface area contributed by atoms with Crippen LogP contribution in [0.3, 0.4) is 0 Å². The van der Waals surface area contributed by atoms with E-state index < -0.39 is 33.7 Å². The summed E-state index contributed by atoms with van der Waals surface area (Å²) in [5.74, 6) is -2.99. The summed E-state index contributed by atoms with van der Waals surface area (Å²) in [6.45, 7) is 1.88. The molecule has 0 bridgehead atoms. The van der Waals surface area contributed by atoms with Gasteiger partial charge >= 0.3 is 5.97 Å². The molecule has 0 amide bonds. The summed E-state index contributed by atoms with van der Waals surface area (Å²) in [6.07, 6.45) is 1.55. The number of hydrogen-bond donors (Lipinski definition) is 1. The first-order valence-corrected chi connectivity index (χ1v) is 6.77. The molecule has 0 spiro atoms. The molecule has 1 N–H and O–H groups in total. The van der Waals surface area contributed by atoms with E-state index in [1.807, 2.05) is 6.92 Å². The van der Waals surface area contributed by atoms with E-state index in [0.717, 1.165) is 18.6 Å². The topological polar surface area (TPSA) is 54.4 Å². The molecule has 100 valence electrons. The molecule has 0 aliphatic carbocycles. The number of aliphatic carboxylic acids is 1.